The number of hydrogen-bond donors (Lipinski definition) is 0. The highest BCUT2D eigenvalue weighted by Gasteiger charge is 2.43. The van der Waals surface area contributed by atoms with Crippen molar-refractivity contribution in [3.63, 3.8) is 0 Å². The van der Waals surface area contributed by atoms with Crippen LogP contribution in [0.2, 0.25) is 0 Å². The van der Waals surface area contributed by atoms with Crippen molar-refractivity contribution >= 4 is 5.91 Å². The van der Waals surface area contributed by atoms with Gasteiger partial charge in [0.25, 0.3) is 5.91 Å². The lowest BCUT2D eigenvalue weighted by Gasteiger charge is -2.38. The number of amides is 1. The van der Waals surface area contributed by atoms with E-state index in [0.29, 0.717) is 24.7 Å². The number of rotatable bonds is 3. The Kier molecular flexibility index (Phi) is 4.40. The topological polar surface area (TPSA) is 81.1 Å². The van der Waals surface area contributed by atoms with Gasteiger partial charge in [-0.2, -0.15) is 0 Å². The summed E-state index contributed by atoms with van der Waals surface area (Å²) in [4.78, 5) is 30.9. The molecular weight excluding hydrogens is 318 g/mol. The van der Waals surface area contributed by atoms with Crippen molar-refractivity contribution in [2.75, 3.05) is 19.7 Å². The predicted molar refractivity (Wildman–Crippen MR) is 89.7 cm³/mol. The molecule has 2 fully saturated rings. The molecule has 0 aromatic carbocycles. The van der Waals surface area contributed by atoms with Crippen LogP contribution in [-0.2, 0) is 11.2 Å². The maximum Gasteiger partial charge on any atom is 0.274 e. The van der Waals surface area contributed by atoms with Crippen molar-refractivity contribution in [1.29, 1.82) is 0 Å². The van der Waals surface area contributed by atoms with E-state index in [1.165, 1.54) is 6.20 Å². The van der Waals surface area contributed by atoms with Gasteiger partial charge in [0, 0.05) is 44.1 Å². The number of carbonyl (C=O) groups excluding carboxylic acids is 1. The van der Waals surface area contributed by atoms with Crippen LogP contribution in [0.15, 0.2) is 37.2 Å². The number of aromatic nitrogens is 4. The maximum absolute atomic E-state index is 12.5. The van der Waals surface area contributed by atoms with Crippen molar-refractivity contribution in [2.45, 2.75) is 31.3 Å². The van der Waals surface area contributed by atoms with Gasteiger partial charge in [-0.1, -0.05) is 0 Å². The molecule has 7 nitrogen and oxygen atoms in total. The van der Waals surface area contributed by atoms with Crippen LogP contribution in [0.5, 0.6) is 0 Å². The van der Waals surface area contributed by atoms with Crippen molar-refractivity contribution in [3.8, 4) is 0 Å². The first kappa shape index (κ1) is 16.1. The van der Waals surface area contributed by atoms with Gasteiger partial charge in [0.2, 0.25) is 0 Å². The van der Waals surface area contributed by atoms with Gasteiger partial charge < -0.3 is 9.64 Å². The largest absolute Gasteiger partial charge is 0.375 e. The molecule has 2 aromatic rings. The molecule has 25 heavy (non-hydrogen) atoms. The smallest absolute Gasteiger partial charge is 0.274 e. The lowest BCUT2D eigenvalue weighted by molar-refractivity contribution is -0.0392. The first-order valence-electron chi connectivity index (χ1n) is 8.68. The molecule has 1 spiro atoms. The fourth-order valence-corrected chi connectivity index (χ4v) is 3.84. The Morgan fingerprint density at radius 3 is 2.56 bits per heavy atom. The molecule has 2 aliphatic rings. The molecule has 2 aliphatic heterocycles. The minimum Gasteiger partial charge on any atom is -0.375 e. The molecule has 4 heterocycles. The highest BCUT2D eigenvalue weighted by Crippen LogP contribution is 2.39. The fourth-order valence-electron chi connectivity index (χ4n) is 3.84. The van der Waals surface area contributed by atoms with Crippen LogP contribution < -0.4 is 0 Å². The third-order valence-corrected chi connectivity index (χ3v) is 5.14. The summed E-state index contributed by atoms with van der Waals surface area (Å²) >= 11 is 0. The van der Waals surface area contributed by atoms with Crippen molar-refractivity contribution in [3.05, 3.63) is 48.6 Å². The molecule has 0 unspecified atom stereocenters. The first-order chi connectivity index (χ1) is 12.2. The van der Waals surface area contributed by atoms with E-state index in [1.54, 1.807) is 24.8 Å². The third-order valence-electron chi connectivity index (χ3n) is 5.14. The Labute approximate surface area is 146 Å². The number of hydrogen-bond acceptors (Lipinski definition) is 6. The molecule has 2 saturated heterocycles. The predicted octanol–water partition coefficient (Wildman–Crippen LogP) is 1.52. The molecule has 0 saturated carbocycles. The van der Waals surface area contributed by atoms with Gasteiger partial charge in [0.1, 0.15) is 5.69 Å². The summed E-state index contributed by atoms with van der Waals surface area (Å²) in [5.41, 5.74) is 1.33. The zero-order valence-corrected chi connectivity index (χ0v) is 14.0. The summed E-state index contributed by atoms with van der Waals surface area (Å²) in [5.74, 6) is 0.427. The van der Waals surface area contributed by atoms with E-state index in [0.717, 1.165) is 38.0 Å². The second kappa shape index (κ2) is 6.84. The SMILES string of the molecule is O=C(c1cnccn1)N1CCC2(CC1)C[C@H](Cc1cnccn1)CO2. The molecule has 0 aliphatic carbocycles. The Morgan fingerprint density at radius 2 is 1.88 bits per heavy atom. The van der Waals surface area contributed by atoms with Crippen molar-refractivity contribution in [2.24, 2.45) is 5.92 Å². The van der Waals surface area contributed by atoms with Crippen molar-refractivity contribution in [1.82, 2.24) is 24.8 Å². The molecule has 2 aromatic heterocycles. The quantitative estimate of drug-likeness (QED) is 0.843. The third kappa shape index (κ3) is 3.51. The number of likely N-dealkylation sites (tertiary alicyclic amines) is 1. The van der Waals surface area contributed by atoms with E-state index >= 15 is 0 Å². The summed E-state index contributed by atoms with van der Waals surface area (Å²) in [6.07, 6.45) is 13.6. The van der Waals surface area contributed by atoms with E-state index in [4.69, 9.17) is 4.74 Å². The van der Waals surface area contributed by atoms with Gasteiger partial charge >= 0.3 is 0 Å². The second-order valence-electron chi connectivity index (χ2n) is 6.85. The summed E-state index contributed by atoms with van der Waals surface area (Å²) in [7, 11) is 0. The average Bonchev–Trinajstić information content (AvgIpc) is 3.05. The van der Waals surface area contributed by atoms with Crippen LogP contribution >= 0.6 is 0 Å². The number of carbonyl (C=O) groups is 1. The van der Waals surface area contributed by atoms with Crippen LogP contribution in [0.4, 0.5) is 0 Å². The molecular formula is C18H21N5O2. The highest BCUT2D eigenvalue weighted by atomic mass is 16.5. The summed E-state index contributed by atoms with van der Waals surface area (Å²) in [6, 6.07) is 0. The first-order valence-corrected chi connectivity index (χ1v) is 8.68. The Morgan fingerprint density at radius 1 is 1.12 bits per heavy atom. The normalized spacial score (nSPS) is 22.2. The van der Waals surface area contributed by atoms with E-state index in [9.17, 15) is 4.79 Å². The summed E-state index contributed by atoms with van der Waals surface area (Å²) < 4.78 is 6.19. The second-order valence-corrected chi connectivity index (χ2v) is 6.85. The van der Waals surface area contributed by atoms with Crippen LogP contribution in [-0.4, -0.2) is 56.0 Å². The molecule has 0 N–H and O–H groups in total. The lowest BCUT2D eigenvalue weighted by atomic mass is 9.84. The standard InChI is InChI=1S/C18H21N5O2/c24-17(16-12-20-4-6-22-16)23-7-1-18(2-8-23)10-14(13-25-18)9-15-11-19-3-5-21-15/h3-6,11-12,14H,1-2,7-10,13H2/t14-/m0/s1. The number of nitrogens with zero attached hydrogens (tertiary/aromatic N) is 5. The van der Waals surface area contributed by atoms with E-state index in [-0.39, 0.29) is 11.5 Å². The minimum atomic E-state index is -0.0912. The van der Waals surface area contributed by atoms with Gasteiger partial charge in [0.15, 0.2) is 0 Å². The minimum absolute atomic E-state index is 0.0444. The van der Waals surface area contributed by atoms with Crippen LogP contribution in [0.25, 0.3) is 0 Å². The van der Waals surface area contributed by atoms with Crippen LogP contribution in [0.3, 0.4) is 0 Å². The van der Waals surface area contributed by atoms with E-state index in [2.05, 4.69) is 19.9 Å². The van der Waals surface area contributed by atoms with Gasteiger partial charge in [0.05, 0.1) is 24.1 Å². The molecule has 0 radical (unpaired) electrons. The number of piperidine rings is 1. The maximum atomic E-state index is 12.5. The molecule has 130 valence electrons. The molecule has 4 rings (SSSR count). The molecule has 0 bridgehead atoms. The summed E-state index contributed by atoms with van der Waals surface area (Å²) in [6.45, 7) is 2.16. The van der Waals surface area contributed by atoms with Gasteiger partial charge in [-0.15, -0.1) is 0 Å². The monoisotopic (exact) mass is 339 g/mol. The molecule has 7 heteroatoms. The molecule has 1 atom stereocenters. The fraction of sp³-hybridized carbons (Fsp3) is 0.500. The van der Waals surface area contributed by atoms with Gasteiger partial charge in [-0.25, -0.2) is 4.98 Å². The van der Waals surface area contributed by atoms with Crippen LogP contribution in [0.1, 0.15) is 35.4 Å². The zero-order chi connectivity index (χ0) is 17.1. The van der Waals surface area contributed by atoms with Gasteiger partial charge in [-0.3, -0.25) is 19.7 Å². The van der Waals surface area contributed by atoms with Gasteiger partial charge in [-0.05, 0) is 31.6 Å². The number of ether oxygens (including phenoxy) is 1. The Bertz CT molecular complexity index is 717. The van der Waals surface area contributed by atoms with Crippen molar-refractivity contribution < 1.29 is 9.53 Å². The summed E-state index contributed by atoms with van der Waals surface area (Å²) in [5, 5.41) is 0. The Balaban J connectivity index is 1.33. The zero-order valence-electron chi connectivity index (χ0n) is 14.0. The van der Waals surface area contributed by atoms with Crippen LogP contribution in [0, 0.1) is 5.92 Å². The Hall–Kier alpha value is -2.41. The van der Waals surface area contributed by atoms with E-state index < -0.39 is 0 Å². The molecule has 1 amide bonds. The van der Waals surface area contributed by atoms with E-state index in [1.807, 2.05) is 11.1 Å². The average molecular weight is 339 g/mol. The highest BCUT2D eigenvalue weighted by molar-refractivity contribution is 5.92. The lowest BCUT2D eigenvalue weighted by Crippen LogP contribution is -2.46.